The maximum Gasteiger partial charge on any atom is 0.153 e. The number of pyridine rings is 1. The van der Waals surface area contributed by atoms with E-state index in [1.807, 2.05) is 12.1 Å². The van der Waals surface area contributed by atoms with E-state index in [2.05, 4.69) is 22.4 Å². The van der Waals surface area contributed by atoms with Crippen molar-refractivity contribution in [1.29, 1.82) is 0 Å². The van der Waals surface area contributed by atoms with E-state index in [0.717, 1.165) is 29.3 Å². The lowest BCUT2D eigenvalue weighted by Gasteiger charge is -2.41. The van der Waals surface area contributed by atoms with E-state index in [9.17, 15) is 0 Å². The molecule has 1 saturated heterocycles. The van der Waals surface area contributed by atoms with Crippen LogP contribution in [0.25, 0.3) is 16.7 Å². The van der Waals surface area contributed by atoms with Crippen LogP contribution < -0.4 is 5.32 Å². The zero-order chi connectivity index (χ0) is 11.2. The van der Waals surface area contributed by atoms with Crippen LogP contribution in [0.15, 0.2) is 34.9 Å². The number of hydrogen-bond donors (Lipinski definition) is 1. The van der Waals surface area contributed by atoms with Crippen molar-refractivity contribution in [2.24, 2.45) is 5.92 Å². The molecular weight excluding hydrogens is 212 g/mol. The minimum Gasteiger partial charge on any atom is -0.455 e. The van der Waals surface area contributed by atoms with Gasteiger partial charge in [-0.1, -0.05) is 6.08 Å². The van der Waals surface area contributed by atoms with E-state index < -0.39 is 0 Å². The van der Waals surface area contributed by atoms with E-state index in [1.165, 1.54) is 18.4 Å². The Labute approximate surface area is 99.5 Å². The summed E-state index contributed by atoms with van der Waals surface area (Å²) in [5, 5.41) is 3.49. The first-order valence-corrected chi connectivity index (χ1v) is 6.20. The number of nitrogens with zero attached hydrogens (tertiary/aromatic N) is 1. The number of allylic oxidation sites excluding steroid dienone is 1. The monoisotopic (exact) mass is 226 g/mol. The zero-order valence-electron chi connectivity index (χ0n) is 9.52. The van der Waals surface area contributed by atoms with E-state index in [1.54, 1.807) is 6.20 Å². The minimum atomic E-state index is 0.504. The van der Waals surface area contributed by atoms with Crippen molar-refractivity contribution in [2.75, 3.05) is 6.54 Å². The molecule has 0 radical (unpaired) electrons. The molecule has 2 unspecified atom stereocenters. The lowest BCUT2D eigenvalue weighted by Crippen LogP contribution is -2.54. The van der Waals surface area contributed by atoms with Crippen molar-refractivity contribution >= 4 is 16.7 Å². The molecule has 0 spiro atoms. The summed E-state index contributed by atoms with van der Waals surface area (Å²) < 4.78 is 5.89. The van der Waals surface area contributed by atoms with Gasteiger partial charge in [0.2, 0.25) is 0 Å². The lowest BCUT2D eigenvalue weighted by atomic mass is 9.77. The first kappa shape index (κ1) is 9.42. The Hall–Kier alpha value is -1.61. The first-order chi connectivity index (χ1) is 8.42. The van der Waals surface area contributed by atoms with Gasteiger partial charge in [-0.15, -0.1) is 0 Å². The number of fused-ring (bicyclic) bond motifs is 2. The van der Waals surface area contributed by atoms with Crippen molar-refractivity contribution in [3.8, 4) is 0 Å². The second kappa shape index (κ2) is 3.44. The Bertz CT molecular complexity index is 566. The fourth-order valence-corrected chi connectivity index (χ4v) is 2.88. The highest BCUT2D eigenvalue weighted by molar-refractivity contribution is 5.80. The molecule has 1 aliphatic heterocycles. The molecule has 3 heterocycles. The number of furan rings is 1. The van der Waals surface area contributed by atoms with Gasteiger partial charge in [0.15, 0.2) is 5.58 Å². The summed E-state index contributed by atoms with van der Waals surface area (Å²) in [4.78, 5) is 4.32. The molecule has 1 fully saturated rings. The highest BCUT2D eigenvalue weighted by Crippen LogP contribution is 2.37. The van der Waals surface area contributed by atoms with E-state index >= 15 is 0 Å². The zero-order valence-corrected chi connectivity index (χ0v) is 9.52. The minimum absolute atomic E-state index is 0.504. The number of nitrogens with one attached hydrogen (secondary N) is 1. The van der Waals surface area contributed by atoms with E-state index in [0.29, 0.717) is 6.04 Å². The molecule has 2 aromatic rings. The van der Waals surface area contributed by atoms with Gasteiger partial charge in [-0.25, -0.2) is 0 Å². The maximum atomic E-state index is 5.89. The summed E-state index contributed by atoms with van der Waals surface area (Å²) in [5.74, 6) is 1.79. The Balaban J connectivity index is 1.80. The maximum absolute atomic E-state index is 5.89. The van der Waals surface area contributed by atoms with Crippen LogP contribution in [0.4, 0.5) is 0 Å². The van der Waals surface area contributed by atoms with Crippen molar-refractivity contribution < 1.29 is 4.42 Å². The van der Waals surface area contributed by atoms with Crippen molar-refractivity contribution in [3.05, 3.63) is 36.2 Å². The molecule has 0 bridgehead atoms. The van der Waals surface area contributed by atoms with Gasteiger partial charge in [0.25, 0.3) is 0 Å². The Morgan fingerprint density at radius 2 is 2.41 bits per heavy atom. The summed E-state index contributed by atoms with van der Waals surface area (Å²) in [7, 11) is 0. The number of hydrogen-bond acceptors (Lipinski definition) is 3. The summed E-state index contributed by atoms with van der Waals surface area (Å²) in [6, 6.07) is 6.45. The van der Waals surface area contributed by atoms with E-state index in [4.69, 9.17) is 4.42 Å². The molecule has 4 rings (SSSR count). The molecule has 17 heavy (non-hydrogen) atoms. The predicted octanol–water partition coefficient (Wildman–Crippen LogP) is 2.59. The van der Waals surface area contributed by atoms with Gasteiger partial charge in [0.05, 0.1) is 0 Å². The van der Waals surface area contributed by atoms with Crippen LogP contribution in [-0.4, -0.2) is 17.6 Å². The number of aromatic nitrogens is 1. The van der Waals surface area contributed by atoms with Crippen LogP contribution in [0.2, 0.25) is 0 Å². The lowest BCUT2D eigenvalue weighted by molar-refractivity contribution is 0.259. The molecule has 2 atom stereocenters. The fraction of sp³-hybridized carbons (Fsp3) is 0.357. The quantitative estimate of drug-likeness (QED) is 0.812. The van der Waals surface area contributed by atoms with Crippen LogP contribution in [0.5, 0.6) is 0 Å². The Morgan fingerprint density at radius 1 is 1.41 bits per heavy atom. The highest BCUT2D eigenvalue weighted by Gasteiger charge is 2.36. The van der Waals surface area contributed by atoms with Gasteiger partial charge >= 0.3 is 0 Å². The van der Waals surface area contributed by atoms with Crippen molar-refractivity contribution in [3.63, 3.8) is 0 Å². The third-order valence-electron chi connectivity index (χ3n) is 3.88. The largest absolute Gasteiger partial charge is 0.455 e. The molecule has 0 aromatic carbocycles. The molecule has 0 saturated carbocycles. The van der Waals surface area contributed by atoms with Gasteiger partial charge in [0, 0.05) is 30.4 Å². The number of rotatable bonds is 1. The summed E-state index contributed by atoms with van der Waals surface area (Å²) in [5.41, 5.74) is 3.15. The normalized spacial score (nSPS) is 27.4. The average Bonchev–Trinajstić information content (AvgIpc) is 2.74. The topological polar surface area (TPSA) is 38.1 Å². The third kappa shape index (κ3) is 1.35. The molecular formula is C14H14N2O. The molecule has 86 valence electrons. The molecule has 2 aromatic heterocycles. The van der Waals surface area contributed by atoms with Crippen molar-refractivity contribution in [1.82, 2.24) is 10.3 Å². The fourth-order valence-electron chi connectivity index (χ4n) is 2.88. The molecule has 3 heteroatoms. The SMILES string of the molecule is C1=C(c2cc3ncccc3o2)C2NCC2CC1. The molecule has 1 aliphatic carbocycles. The van der Waals surface area contributed by atoms with Crippen molar-refractivity contribution in [2.45, 2.75) is 18.9 Å². The summed E-state index contributed by atoms with van der Waals surface area (Å²) >= 11 is 0. The van der Waals surface area contributed by atoms with Gasteiger partial charge in [-0.3, -0.25) is 4.98 Å². The van der Waals surface area contributed by atoms with Gasteiger partial charge in [-0.2, -0.15) is 0 Å². The van der Waals surface area contributed by atoms with Crippen LogP contribution in [0, 0.1) is 5.92 Å². The summed E-state index contributed by atoms with van der Waals surface area (Å²) in [6.45, 7) is 1.15. The van der Waals surface area contributed by atoms with Crippen LogP contribution in [0.3, 0.4) is 0 Å². The van der Waals surface area contributed by atoms with Gasteiger partial charge < -0.3 is 9.73 Å². The Morgan fingerprint density at radius 3 is 3.24 bits per heavy atom. The molecule has 2 aliphatic rings. The van der Waals surface area contributed by atoms with Crippen LogP contribution >= 0.6 is 0 Å². The predicted molar refractivity (Wildman–Crippen MR) is 66.5 cm³/mol. The second-order valence-corrected chi connectivity index (χ2v) is 4.88. The Kier molecular flexibility index (Phi) is 1.91. The standard InChI is InChI=1S/C14H14N2O/c1-3-9-8-16-14(9)10(4-1)13-7-11-12(17-13)5-2-6-15-11/h2,4-7,9,14,16H,1,3,8H2. The summed E-state index contributed by atoms with van der Waals surface area (Å²) in [6.07, 6.45) is 6.59. The van der Waals surface area contributed by atoms with Gasteiger partial charge in [-0.05, 0) is 30.9 Å². The first-order valence-electron chi connectivity index (χ1n) is 6.20. The van der Waals surface area contributed by atoms with Gasteiger partial charge in [0.1, 0.15) is 11.3 Å². The third-order valence-corrected chi connectivity index (χ3v) is 3.88. The highest BCUT2D eigenvalue weighted by atomic mass is 16.3. The molecule has 3 nitrogen and oxygen atoms in total. The van der Waals surface area contributed by atoms with Crippen LogP contribution in [-0.2, 0) is 0 Å². The second-order valence-electron chi connectivity index (χ2n) is 4.88. The van der Waals surface area contributed by atoms with Crippen LogP contribution in [0.1, 0.15) is 18.6 Å². The molecule has 1 N–H and O–H groups in total. The average molecular weight is 226 g/mol. The smallest absolute Gasteiger partial charge is 0.153 e. The van der Waals surface area contributed by atoms with E-state index in [-0.39, 0.29) is 0 Å². The molecule has 0 amide bonds.